The van der Waals surface area contributed by atoms with Gasteiger partial charge in [-0.2, -0.15) is 5.26 Å². The summed E-state index contributed by atoms with van der Waals surface area (Å²) in [6.45, 7) is 3.44. The van der Waals surface area contributed by atoms with Gasteiger partial charge in [0.25, 0.3) is 0 Å². The molecule has 0 saturated carbocycles. The van der Waals surface area contributed by atoms with Crippen molar-refractivity contribution >= 4 is 12.0 Å². The van der Waals surface area contributed by atoms with E-state index >= 15 is 0 Å². The lowest BCUT2D eigenvalue weighted by Gasteiger charge is -2.34. The SMILES string of the molecule is N#Cc1cccc(C2CCCN2C(=O)N2CCc3cnc(NC4CCOCC4)nc3C2)c1. The highest BCUT2D eigenvalue weighted by molar-refractivity contribution is 5.75. The van der Waals surface area contributed by atoms with E-state index in [1.807, 2.05) is 34.2 Å². The molecule has 2 saturated heterocycles. The lowest BCUT2D eigenvalue weighted by atomic mass is 10.0. The molecule has 8 heteroatoms. The second-order valence-electron chi connectivity index (χ2n) is 8.74. The Labute approximate surface area is 188 Å². The van der Waals surface area contributed by atoms with E-state index in [-0.39, 0.29) is 12.1 Å². The van der Waals surface area contributed by atoms with Crippen LogP contribution in [0.1, 0.15) is 54.1 Å². The number of hydrogen-bond acceptors (Lipinski definition) is 6. The summed E-state index contributed by atoms with van der Waals surface area (Å²) in [5.41, 5.74) is 3.72. The Hall–Kier alpha value is -3.18. The number of nitrogens with one attached hydrogen (secondary N) is 1. The number of benzene rings is 1. The highest BCUT2D eigenvalue weighted by Crippen LogP contribution is 2.34. The number of urea groups is 1. The molecule has 2 fully saturated rings. The minimum absolute atomic E-state index is 0.0216. The number of nitrogens with zero attached hydrogens (tertiary/aromatic N) is 5. The monoisotopic (exact) mass is 432 g/mol. The molecule has 2 amide bonds. The van der Waals surface area contributed by atoms with Crippen molar-refractivity contribution in [3.63, 3.8) is 0 Å². The third kappa shape index (κ3) is 4.26. The standard InChI is InChI=1S/C24H28N6O2/c25-14-17-3-1-4-18(13-17)22-5-2-9-30(22)24(31)29-10-6-19-15-26-23(28-21(19)16-29)27-20-7-11-32-12-8-20/h1,3-4,13,15,20,22H,2,5-12,16H2,(H,26,27,28). The lowest BCUT2D eigenvalue weighted by Crippen LogP contribution is -2.45. The van der Waals surface area contributed by atoms with Gasteiger partial charge in [0.1, 0.15) is 0 Å². The van der Waals surface area contributed by atoms with Gasteiger partial charge in [0.05, 0.1) is 29.9 Å². The molecule has 0 radical (unpaired) electrons. The summed E-state index contributed by atoms with van der Waals surface area (Å²) in [5.74, 6) is 0.636. The number of fused-ring (bicyclic) bond motifs is 1. The first-order chi connectivity index (χ1) is 15.7. The maximum atomic E-state index is 13.5. The molecule has 1 unspecified atom stereocenters. The highest BCUT2D eigenvalue weighted by atomic mass is 16.5. The molecule has 1 atom stereocenters. The van der Waals surface area contributed by atoms with Crippen LogP contribution < -0.4 is 5.32 Å². The van der Waals surface area contributed by atoms with Gasteiger partial charge in [0.2, 0.25) is 5.95 Å². The molecule has 2 aromatic rings. The number of ether oxygens (including phenoxy) is 1. The Bertz CT molecular complexity index is 1030. The van der Waals surface area contributed by atoms with Crippen LogP contribution in [0.5, 0.6) is 0 Å². The number of carbonyl (C=O) groups is 1. The fraction of sp³-hybridized carbons (Fsp3) is 0.500. The summed E-state index contributed by atoms with van der Waals surface area (Å²) in [5, 5.41) is 12.7. The quantitative estimate of drug-likeness (QED) is 0.800. The number of carbonyl (C=O) groups excluding carboxylic acids is 1. The Morgan fingerprint density at radius 1 is 1.22 bits per heavy atom. The van der Waals surface area contributed by atoms with Crippen LogP contribution in [0.4, 0.5) is 10.7 Å². The molecular weight excluding hydrogens is 404 g/mol. The fourth-order valence-electron chi connectivity index (χ4n) is 4.90. The zero-order valence-electron chi connectivity index (χ0n) is 18.2. The van der Waals surface area contributed by atoms with Crippen molar-refractivity contribution in [3.8, 4) is 6.07 Å². The maximum absolute atomic E-state index is 13.5. The van der Waals surface area contributed by atoms with Crippen LogP contribution in [0, 0.1) is 11.3 Å². The minimum atomic E-state index is 0.0216. The third-order valence-electron chi connectivity index (χ3n) is 6.67. The Morgan fingerprint density at radius 3 is 2.94 bits per heavy atom. The van der Waals surface area contributed by atoms with E-state index in [4.69, 9.17) is 9.72 Å². The molecule has 1 aromatic carbocycles. The van der Waals surface area contributed by atoms with E-state index in [2.05, 4.69) is 16.4 Å². The van der Waals surface area contributed by atoms with Crippen molar-refractivity contribution < 1.29 is 9.53 Å². The van der Waals surface area contributed by atoms with Crippen molar-refractivity contribution in [1.82, 2.24) is 19.8 Å². The first-order valence-electron chi connectivity index (χ1n) is 11.5. The molecule has 0 spiro atoms. The second-order valence-corrected chi connectivity index (χ2v) is 8.74. The first kappa shape index (κ1) is 20.7. The van der Waals surface area contributed by atoms with Gasteiger partial charge >= 0.3 is 6.03 Å². The van der Waals surface area contributed by atoms with Crippen LogP contribution in [-0.4, -0.2) is 58.1 Å². The molecule has 32 heavy (non-hydrogen) atoms. The number of rotatable bonds is 3. The Balaban J connectivity index is 1.29. The predicted molar refractivity (Wildman–Crippen MR) is 119 cm³/mol. The number of nitriles is 1. The zero-order valence-corrected chi connectivity index (χ0v) is 18.2. The van der Waals surface area contributed by atoms with Crippen LogP contribution >= 0.6 is 0 Å². The lowest BCUT2D eigenvalue weighted by molar-refractivity contribution is 0.0903. The van der Waals surface area contributed by atoms with Crippen LogP contribution in [0.15, 0.2) is 30.5 Å². The van der Waals surface area contributed by atoms with Crippen LogP contribution in [0.2, 0.25) is 0 Å². The van der Waals surface area contributed by atoms with Gasteiger partial charge in [0.15, 0.2) is 0 Å². The van der Waals surface area contributed by atoms with E-state index in [1.165, 1.54) is 0 Å². The number of anilines is 1. The Morgan fingerprint density at radius 2 is 2.09 bits per heavy atom. The van der Waals surface area contributed by atoms with Crippen LogP contribution in [0.25, 0.3) is 0 Å². The van der Waals surface area contributed by atoms with E-state index in [0.29, 0.717) is 30.6 Å². The van der Waals surface area contributed by atoms with Crippen molar-refractivity contribution in [3.05, 3.63) is 52.8 Å². The molecule has 4 heterocycles. The van der Waals surface area contributed by atoms with Gasteiger partial charge in [-0.15, -0.1) is 0 Å². The molecule has 0 aliphatic carbocycles. The van der Waals surface area contributed by atoms with Crippen molar-refractivity contribution in [2.75, 3.05) is 31.6 Å². The Kier molecular flexibility index (Phi) is 5.91. The molecule has 1 N–H and O–H groups in total. The molecule has 8 nitrogen and oxygen atoms in total. The predicted octanol–water partition coefficient (Wildman–Crippen LogP) is 3.25. The van der Waals surface area contributed by atoms with E-state index in [9.17, 15) is 10.1 Å². The number of aromatic nitrogens is 2. The van der Waals surface area contributed by atoms with Crippen molar-refractivity contribution in [2.24, 2.45) is 0 Å². The third-order valence-corrected chi connectivity index (χ3v) is 6.67. The summed E-state index contributed by atoms with van der Waals surface area (Å²) in [6, 6.07) is 10.2. The highest BCUT2D eigenvalue weighted by Gasteiger charge is 2.34. The summed E-state index contributed by atoms with van der Waals surface area (Å²) in [4.78, 5) is 26.6. The van der Waals surface area contributed by atoms with Crippen LogP contribution in [0.3, 0.4) is 0 Å². The number of likely N-dealkylation sites (tertiary alicyclic amines) is 1. The average Bonchev–Trinajstić information content (AvgIpc) is 3.34. The van der Waals surface area contributed by atoms with Crippen molar-refractivity contribution in [1.29, 1.82) is 5.26 Å². The minimum Gasteiger partial charge on any atom is -0.381 e. The van der Waals surface area contributed by atoms with Gasteiger partial charge in [-0.1, -0.05) is 12.1 Å². The molecule has 3 aliphatic rings. The summed E-state index contributed by atoms with van der Waals surface area (Å²) >= 11 is 0. The first-order valence-corrected chi connectivity index (χ1v) is 11.5. The second kappa shape index (κ2) is 9.13. The van der Waals surface area contributed by atoms with E-state index < -0.39 is 0 Å². The summed E-state index contributed by atoms with van der Waals surface area (Å²) < 4.78 is 5.43. The molecule has 1 aromatic heterocycles. The topological polar surface area (TPSA) is 94.4 Å². The molecule has 5 rings (SSSR count). The van der Waals surface area contributed by atoms with Gasteiger partial charge in [0, 0.05) is 38.5 Å². The molecule has 3 aliphatic heterocycles. The number of hydrogen-bond donors (Lipinski definition) is 1. The maximum Gasteiger partial charge on any atom is 0.320 e. The normalized spacial score (nSPS) is 21.2. The van der Waals surface area contributed by atoms with E-state index in [0.717, 1.165) is 68.7 Å². The van der Waals surface area contributed by atoms with Crippen molar-refractivity contribution in [2.45, 2.75) is 50.7 Å². The fourth-order valence-corrected chi connectivity index (χ4v) is 4.90. The number of amides is 2. The van der Waals surface area contributed by atoms with Gasteiger partial charge in [-0.3, -0.25) is 0 Å². The summed E-state index contributed by atoms with van der Waals surface area (Å²) in [6.07, 6.45) is 6.47. The largest absolute Gasteiger partial charge is 0.381 e. The van der Waals surface area contributed by atoms with Crippen LogP contribution in [-0.2, 0) is 17.7 Å². The molecule has 0 bridgehead atoms. The van der Waals surface area contributed by atoms with Gasteiger partial charge < -0.3 is 19.9 Å². The summed E-state index contributed by atoms with van der Waals surface area (Å²) in [7, 11) is 0. The van der Waals surface area contributed by atoms with Gasteiger partial charge in [-0.25, -0.2) is 14.8 Å². The smallest absolute Gasteiger partial charge is 0.320 e. The zero-order chi connectivity index (χ0) is 21.9. The molecule has 166 valence electrons. The van der Waals surface area contributed by atoms with E-state index in [1.54, 1.807) is 6.07 Å². The average molecular weight is 433 g/mol. The molecular formula is C24H28N6O2. The van der Waals surface area contributed by atoms with Gasteiger partial charge in [-0.05, 0) is 55.4 Å².